The van der Waals surface area contributed by atoms with E-state index in [4.69, 9.17) is 21.3 Å². The van der Waals surface area contributed by atoms with Gasteiger partial charge in [-0.05, 0) is 83.4 Å². The van der Waals surface area contributed by atoms with Gasteiger partial charge in [0.1, 0.15) is 17.4 Å². The first-order chi connectivity index (χ1) is 19.3. The van der Waals surface area contributed by atoms with Crippen molar-refractivity contribution in [2.45, 2.75) is 38.0 Å². The van der Waals surface area contributed by atoms with Gasteiger partial charge in [-0.15, -0.1) is 0 Å². The van der Waals surface area contributed by atoms with Crippen LogP contribution < -0.4 is 15.6 Å². The first-order valence-corrected chi connectivity index (χ1v) is 14.7. The van der Waals surface area contributed by atoms with E-state index in [9.17, 15) is 14.0 Å². The molecule has 1 amide bonds. The quantitative estimate of drug-likeness (QED) is 0.202. The fraction of sp³-hybridized carbons (Fsp3) is 0.241. The summed E-state index contributed by atoms with van der Waals surface area (Å²) in [7, 11) is 0. The highest BCUT2D eigenvalue weighted by atomic mass is 79.9. The third-order valence-corrected chi connectivity index (χ3v) is 7.93. The predicted octanol–water partition coefficient (Wildman–Crippen LogP) is 7.66. The van der Waals surface area contributed by atoms with Gasteiger partial charge in [0.15, 0.2) is 6.61 Å². The number of hydrogen-bond donors (Lipinski definition) is 1. The molecule has 1 N–H and O–H groups in total. The Morgan fingerprint density at radius 1 is 1.12 bits per heavy atom. The number of halogens is 4. The number of anilines is 1. The lowest BCUT2D eigenvalue weighted by Gasteiger charge is -2.22. The van der Waals surface area contributed by atoms with Crippen molar-refractivity contribution in [3.63, 3.8) is 0 Å². The molecule has 0 saturated heterocycles. The molecule has 0 spiro atoms. The Morgan fingerprint density at radius 2 is 1.88 bits per heavy atom. The molecule has 206 valence electrons. The second-order valence-electron chi connectivity index (χ2n) is 9.48. The fourth-order valence-corrected chi connectivity index (χ4v) is 6.03. The molecule has 1 aromatic heterocycles. The SMILES string of the molecule is O=C(COc1c(Br)cc(Cl)cc1C=Nn1c(C2CCCCC2)nc2ccc(Br)cc2c1=O)Nc1ccc(F)cc1. The zero-order valence-corrected chi connectivity index (χ0v) is 25.1. The van der Waals surface area contributed by atoms with Crippen LogP contribution in [0.2, 0.25) is 5.02 Å². The van der Waals surface area contributed by atoms with Gasteiger partial charge in [-0.25, -0.2) is 9.37 Å². The maximum atomic E-state index is 13.6. The molecule has 5 rings (SSSR count). The summed E-state index contributed by atoms with van der Waals surface area (Å²) in [5.74, 6) is 0.229. The highest BCUT2D eigenvalue weighted by Gasteiger charge is 2.23. The average molecular weight is 691 g/mol. The van der Waals surface area contributed by atoms with E-state index in [2.05, 4.69) is 42.3 Å². The summed E-state index contributed by atoms with van der Waals surface area (Å²) in [6.07, 6.45) is 6.66. The molecule has 3 aromatic carbocycles. The molecular weight excluding hydrogens is 667 g/mol. The number of rotatable bonds is 7. The second-order valence-corrected chi connectivity index (χ2v) is 11.7. The zero-order valence-electron chi connectivity index (χ0n) is 21.2. The van der Waals surface area contributed by atoms with Crippen LogP contribution in [0.3, 0.4) is 0 Å². The average Bonchev–Trinajstić information content (AvgIpc) is 2.94. The molecule has 0 bridgehead atoms. The number of carbonyl (C=O) groups is 1. The molecule has 0 atom stereocenters. The largest absolute Gasteiger partial charge is 0.482 e. The highest BCUT2D eigenvalue weighted by Crippen LogP contribution is 2.34. The minimum Gasteiger partial charge on any atom is -0.482 e. The standard InChI is InChI=1S/C29H24Br2ClFN4O3/c30-19-6-11-25-23(13-19)29(39)37(28(36-25)17-4-2-1-3-5-17)34-15-18-12-20(32)14-24(31)27(18)40-16-26(38)35-22-9-7-21(33)8-10-22/h6-15,17H,1-5,16H2,(H,35,38). The molecule has 1 heterocycles. The Balaban J connectivity index is 1.47. The van der Waals surface area contributed by atoms with E-state index in [1.807, 2.05) is 12.1 Å². The zero-order chi connectivity index (χ0) is 28.2. The topological polar surface area (TPSA) is 85.6 Å². The van der Waals surface area contributed by atoms with Crippen LogP contribution in [0.4, 0.5) is 10.1 Å². The van der Waals surface area contributed by atoms with Crippen LogP contribution in [0.1, 0.15) is 49.4 Å². The van der Waals surface area contributed by atoms with Crippen molar-refractivity contribution in [3.8, 4) is 5.75 Å². The van der Waals surface area contributed by atoms with Gasteiger partial charge >= 0.3 is 0 Å². The van der Waals surface area contributed by atoms with E-state index >= 15 is 0 Å². The van der Waals surface area contributed by atoms with Gasteiger partial charge in [0.25, 0.3) is 11.5 Å². The predicted molar refractivity (Wildman–Crippen MR) is 162 cm³/mol. The summed E-state index contributed by atoms with van der Waals surface area (Å²) in [5.41, 5.74) is 1.26. The van der Waals surface area contributed by atoms with E-state index in [0.717, 1.165) is 36.6 Å². The Kier molecular flexibility index (Phi) is 8.97. The van der Waals surface area contributed by atoms with Crippen LogP contribution in [0.5, 0.6) is 5.75 Å². The van der Waals surface area contributed by atoms with Gasteiger partial charge in [0.05, 0.1) is 21.6 Å². The van der Waals surface area contributed by atoms with E-state index in [-0.39, 0.29) is 18.1 Å². The molecule has 0 aliphatic heterocycles. The number of carbonyl (C=O) groups excluding carboxylic acids is 1. The van der Waals surface area contributed by atoms with Crippen molar-refractivity contribution < 1.29 is 13.9 Å². The van der Waals surface area contributed by atoms with Gasteiger partial charge < -0.3 is 10.1 Å². The van der Waals surface area contributed by atoms with Gasteiger partial charge in [-0.2, -0.15) is 9.78 Å². The van der Waals surface area contributed by atoms with Crippen LogP contribution in [0.25, 0.3) is 10.9 Å². The van der Waals surface area contributed by atoms with Gasteiger partial charge in [0.2, 0.25) is 0 Å². The smallest absolute Gasteiger partial charge is 0.282 e. The maximum Gasteiger partial charge on any atom is 0.282 e. The van der Waals surface area contributed by atoms with Crippen LogP contribution in [-0.2, 0) is 4.79 Å². The minimum atomic E-state index is -0.434. The third kappa shape index (κ3) is 6.62. The lowest BCUT2D eigenvalue weighted by atomic mass is 9.88. The van der Waals surface area contributed by atoms with E-state index in [1.165, 1.54) is 35.2 Å². The Bertz CT molecular complexity index is 1650. The summed E-state index contributed by atoms with van der Waals surface area (Å²) < 4.78 is 21.7. The molecular formula is C29H24Br2ClFN4O3. The molecule has 1 aliphatic rings. The molecule has 1 saturated carbocycles. The van der Waals surface area contributed by atoms with Crippen LogP contribution in [-0.4, -0.2) is 28.4 Å². The lowest BCUT2D eigenvalue weighted by molar-refractivity contribution is -0.118. The van der Waals surface area contributed by atoms with E-state index < -0.39 is 11.7 Å². The number of amides is 1. The molecule has 7 nitrogen and oxygen atoms in total. The third-order valence-electron chi connectivity index (χ3n) is 6.63. The number of ether oxygens (including phenoxy) is 1. The van der Waals surface area contributed by atoms with Crippen molar-refractivity contribution >= 4 is 72.2 Å². The fourth-order valence-electron chi connectivity index (χ4n) is 4.72. The lowest BCUT2D eigenvalue weighted by Crippen LogP contribution is -2.25. The monoisotopic (exact) mass is 688 g/mol. The molecule has 40 heavy (non-hydrogen) atoms. The van der Waals surface area contributed by atoms with Crippen LogP contribution >= 0.6 is 43.5 Å². The number of nitrogens with zero attached hydrogens (tertiary/aromatic N) is 3. The summed E-state index contributed by atoms with van der Waals surface area (Å²) in [5, 5.41) is 8.10. The first-order valence-electron chi connectivity index (χ1n) is 12.7. The molecule has 0 radical (unpaired) electrons. The van der Waals surface area contributed by atoms with Crippen molar-refractivity contribution in [1.82, 2.24) is 9.66 Å². The van der Waals surface area contributed by atoms with Crippen LogP contribution in [0.15, 0.2) is 73.4 Å². The van der Waals surface area contributed by atoms with E-state index in [1.54, 1.807) is 18.2 Å². The number of hydrogen-bond acceptors (Lipinski definition) is 5. The normalized spacial score (nSPS) is 14.1. The number of nitrogens with one attached hydrogen (secondary N) is 1. The minimum absolute atomic E-state index is 0.114. The Morgan fingerprint density at radius 3 is 2.62 bits per heavy atom. The highest BCUT2D eigenvalue weighted by molar-refractivity contribution is 9.10. The number of fused-ring (bicyclic) bond motifs is 1. The second kappa shape index (κ2) is 12.6. The van der Waals surface area contributed by atoms with Crippen molar-refractivity contribution in [3.05, 3.63) is 96.1 Å². The van der Waals surface area contributed by atoms with E-state index in [0.29, 0.717) is 43.2 Å². The van der Waals surface area contributed by atoms with Crippen molar-refractivity contribution in [2.75, 3.05) is 11.9 Å². The summed E-state index contributed by atoms with van der Waals surface area (Å²) >= 11 is 13.2. The van der Waals surface area contributed by atoms with Crippen molar-refractivity contribution in [1.29, 1.82) is 0 Å². The number of benzene rings is 3. The molecule has 1 fully saturated rings. The van der Waals surface area contributed by atoms with Crippen molar-refractivity contribution in [2.24, 2.45) is 5.10 Å². The summed E-state index contributed by atoms with van der Waals surface area (Å²) in [6.45, 7) is -0.322. The van der Waals surface area contributed by atoms with Gasteiger partial charge in [0, 0.05) is 26.7 Å². The molecule has 4 aromatic rings. The molecule has 1 aliphatic carbocycles. The Hall–Kier alpha value is -3.08. The first kappa shape index (κ1) is 28.4. The maximum absolute atomic E-state index is 13.6. The molecule has 0 unspecified atom stereocenters. The summed E-state index contributed by atoms with van der Waals surface area (Å²) in [6, 6.07) is 14.1. The van der Waals surface area contributed by atoms with Gasteiger partial charge in [-0.1, -0.05) is 46.8 Å². The van der Waals surface area contributed by atoms with Gasteiger partial charge in [-0.3, -0.25) is 9.59 Å². The number of aromatic nitrogens is 2. The van der Waals surface area contributed by atoms with Crippen LogP contribution in [0, 0.1) is 5.82 Å². The summed E-state index contributed by atoms with van der Waals surface area (Å²) in [4.78, 5) is 31.0. The molecule has 11 heteroatoms. The Labute approximate surface area is 251 Å².